The average Bonchev–Trinajstić information content (AvgIpc) is 2.19. The molecule has 82 valence electrons. The first-order valence-electron chi connectivity index (χ1n) is 6.21. The SMILES string of the molecule is BrC1CCCN(CC2CCCCC2)C1. The molecule has 0 aromatic rings. The van der Waals surface area contributed by atoms with Crippen LogP contribution in [0.5, 0.6) is 0 Å². The number of likely N-dealkylation sites (tertiary alicyclic amines) is 1. The van der Waals surface area contributed by atoms with Crippen LogP contribution < -0.4 is 0 Å². The second kappa shape index (κ2) is 5.50. The van der Waals surface area contributed by atoms with Crippen LogP contribution in [0.3, 0.4) is 0 Å². The second-order valence-electron chi connectivity index (χ2n) is 5.00. The largest absolute Gasteiger partial charge is 0.302 e. The van der Waals surface area contributed by atoms with Gasteiger partial charge in [-0.15, -0.1) is 0 Å². The van der Waals surface area contributed by atoms with E-state index < -0.39 is 0 Å². The summed E-state index contributed by atoms with van der Waals surface area (Å²) in [5.41, 5.74) is 0. The van der Waals surface area contributed by atoms with Crippen LogP contribution in [0.2, 0.25) is 0 Å². The number of rotatable bonds is 2. The summed E-state index contributed by atoms with van der Waals surface area (Å²) in [5, 5.41) is 0. The Morgan fingerprint density at radius 3 is 2.50 bits per heavy atom. The topological polar surface area (TPSA) is 3.24 Å². The van der Waals surface area contributed by atoms with Gasteiger partial charge in [-0.1, -0.05) is 35.2 Å². The Morgan fingerprint density at radius 2 is 1.79 bits per heavy atom. The van der Waals surface area contributed by atoms with E-state index in [1.807, 2.05) is 0 Å². The molecule has 0 bridgehead atoms. The summed E-state index contributed by atoms with van der Waals surface area (Å²) in [7, 11) is 0. The van der Waals surface area contributed by atoms with Crippen LogP contribution >= 0.6 is 15.9 Å². The molecule has 1 atom stereocenters. The fraction of sp³-hybridized carbons (Fsp3) is 1.00. The molecule has 0 spiro atoms. The van der Waals surface area contributed by atoms with E-state index in [1.54, 1.807) is 0 Å². The minimum atomic E-state index is 0.764. The number of nitrogens with zero attached hydrogens (tertiary/aromatic N) is 1. The highest BCUT2D eigenvalue weighted by molar-refractivity contribution is 9.09. The zero-order chi connectivity index (χ0) is 9.80. The fourth-order valence-corrected chi connectivity index (χ4v) is 3.63. The molecule has 2 heteroatoms. The summed E-state index contributed by atoms with van der Waals surface area (Å²) in [6, 6.07) is 0. The predicted molar refractivity (Wildman–Crippen MR) is 65.0 cm³/mol. The van der Waals surface area contributed by atoms with Gasteiger partial charge in [-0.05, 0) is 38.1 Å². The fourth-order valence-electron chi connectivity index (χ4n) is 2.90. The van der Waals surface area contributed by atoms with E-state index in [9.17, 15) is 0 Å². The lowest BCUT2D eigenvalue weighted by Crippen LogP contribution is -2.39. The summed E-state index contributed by atoms with van der Waals surface area (Å²) in [6.45, 7) is 4.01. The van der Waals surface area contributed by atoms with Gasteiger partial charge in [0.25, 0.3) is 0 Å². The zero-order valence-corrected chi connectivity index (χ0v) is 10.6. The van der Waals surface area contributed by atoms with Crippen LogP contribution in [-0.4, -0.2) is 29.4 Å². The first-order chi connectivity index (χ1) is 6.84. The first-order valence-corrected chi connectivity index (χ1v) is 7.12. The van der Waals surface area contributed by atoms with E-state index in [0.29, 0.717) is 0 Å². The molecule has 0 amide bonds. The van der Waals surface area contributed by atoms with Gasteiger partial charge >= 0.3 is 0 Å². The summed E-state index contributed by atoms with van der Waals surface area (Å²) >= 11 is 3.75. The quantitative estimate of drug-likeness (QED) is 0.687. The van der Waals surface area contributed by atoms with Gasteiger partial charge in [-0.25, -0.2) is 0 Å². The van der Waals surface area contributed by atoms with E-state index in [0.717, 1.165) is 10.7 Å². The van der Waals surface area contributed by atoms with Crippen molar-refractivity contribution in [3.8, 4) is 0 Å². The first kappa shape index (κ1) is 10.9. The normalized spacial score (nSPS) is 31.9. The summed E-state index contributed by atoms with van der Waals surface area (Å²) in [5.74, 6) is 1.02. The van der Waals surface area contributed by atoms with Gasteiger partial charge in [0.15, 0.2) is 0 Å². The van der Waals surface area contributed by atoms with Crippen LogP contribution in [0.1, 0.15) is 44.9 Å². The van der Waals surface area contributed by atoms with Crippen LogP contribution in [-0.2, 0) is 0 Å². The highest BCUT2D eigenvalue weighted by atomic mass is 79.9. The molecule has 2 rings (SSSR count). The van der Waals surface area contributed by atoms with Gasteiger partial charge in [0.1, 0.15) is 0 Å². The van der Waals surface area contributed by atoms with Gasteiger partial charge in [0.2, 0.25) is 0 Å². The van der Waals surface area contributed by atoms with Crippen molar-refractivity contribution >= 4 is 15.9 Å². The molecule has 2 aliphatic rings. The third-order valence-corrected chi connectivity index (χ3v) is 4.44. The molecule has 1 nitrogen and oxygen atoms in total. The monoisotopic (exact) mass is 259 g/mol. The maximum Gasteiger partial charge on any atom is 0.0273 e. The molecule has 0 aromatic carbocycles. The lowest BCUT2D eigenvalue weighted by Gasteiger charge is -2.34. The Balaban J connectivity index is 1.72. The van der Waals surface area contributed by atoms with Gasteiger partial charge in [-0.2, -0.15) is 0 Å². The van der Waals surface area contributed by atoms with Crippen molar-refractivity contribution in [2.75, 3.05) is 19.6 Å². The minimum absolute atomic E-state index is 0.764. The standard InChI is InChI=1S/C12H22BrN/c13-12-7-4-8-14(10-12)9-11-5-2-1-3-6-11/h11-12H,1-10H2. The van der Waals surface area contributed by atoms with E-state index in [1.165, 1.54) is 64.6 Å². The molecular weight excluding hydrogens is 238 g/mol. The van der Waals surface area contributed by atoms with Crippen LogP contribution in [0, 0.1) is 5.92 Å². The average molecular weight is 260 g/mol. The van der Waals surface area contributed by atoms with E-state index in [4.69, 9.17) is 0 Å². The lowest BCUT2D eigenvalue weighted by atomic mass is 9.88. The molecule has 0 N–H and O–H groups in total. The number of halogens is 1. The van der Waals surface area contributed by atoms with Crippen LogP contribution in [0.25, 0.3) is 0 Å². The van der Waals surface area contributed by atoms with E-state index in [-0.39, 0.29) is 0 Å². The number of piperidine rings is 1. The molecule has 1 saturated heterocycles. The van der Waals surface area contributed by atoms with Crippen LogP contribution in [0.4, 0.5) is 0 Å². The van der Waals surface area contributed by atoms with E-state index >= 15 is 0 Å². The Bertz CT molecular complexity index is 166. The van der Waals surface area contributed by atoms with Gasteiger partial charge < -0.3 is 4.90 Å². The summed E-state index contributed by atoms with van der Waals surface area (Å²) in [4.78, 5) is 3.44. The number of hydrogen-bond acceptors (Lipinski definition) is 1. The van der Waals surface area contributed by atoms with Crippen molar-refractivity contribution in [1.29, 1.82) is 0 Å². The molecule has 0 aromatic heterocycles. The number of alkyl halides is 1. The summed E-state index contributed by atoms with van der Waals surface area (Å²) < 4.78 is 0. The van der Waals surface area contributed by atoms with Crippen molar-refractivity contribution in [3.63, 3.8) is 0 Å². The molecule has 2 fully saturated rings. The van der Waals surface area contributed by atoms with Gasteiger partial charge in [0.05, 0.1) is 0 Å². The highest BCUT2D eigenvalue weighted by Gasteiger charge is 2.21. The lowest BCUT2D eigenvalue weighted by molar-refractivity contribution is 0.178. The Hall–Kier alpha value is 0.440. The van der Waals surface area contributed by atoms with Gasteiger partial charge in [-0.3, -0.25) is 0 Å². The predicted octanol–water partition coefficient (Wildman–Crippen LogP) is 3.43. The second-order valence-corrected chi connectivity index (χ2v) is 6.30. The summed E-state index contributed by atoms with van der Waals surface area (Å²) in [6.07, 6.45) is 10.2. The molecule has 1 saturated carbocycles. The Morgan fingerprint density at radius 1 is 1.00 bits per heavy atom. The highest BCUT2D eigenvalue weighted by Crippen LogP contribution is 2.26. The van der Waals surface area contributed by atoms with Crippen molar-refractivity contribution < 1.29 is 0 Å². The third kappa shape index (κ3) is 3.23. The van der Waals surface area contributed by atoms with Crippen molar-refractivity contribution in [3.05, 3.63) is 0 Å². The number of hydrogen-bond donors (Lipinski definition) is 0. The third-order valence-electron chi connectivity index (χ3n) is 3.69. The Labute approximate surface area is 96.4 Å². The molecule has 0 radical (unpaired) electrons. The zero-order valence-electron chi connectivity index (χ0n) is 9.05. The Kier molecular flexibility index (Phi) is 4.30. The molecule has 1 aliphatic carbocycles. The smallest absolute Gasteiger partial charge is 0.0273 e. The van der Waals surface area contributed by atoms with Crippen LogP contribution in [0.15, 0.2) is 0 Å². The van der Waals surface area contributed by atoms with Crippen molar-refractivity contribution in [1.82, 2.24) is 4.90 Å². The maximum atomic E-state index is 3.75. The molecule has 1 unspecified atom stereocenters. The molecule has 1 heterocycles. The van der Waals surface area contributed by atoms with Crippen molar-refractivity contribution in [2.24, 2.45) is 5.92 Å². The molecule has 14 heavy (non-hydrogen) atoms. The molecule has 1 aliphatic heterocycles. The minimum Gasteiger partial charge on any atom is -0.302 e. The maximum absolute atomic E-state index is 3.75. The van der Waals surface area contributed by atoms with Crippen molar-refractivity contribution in [2.45, 2.75) is 49.8 Å². The van der Waals surface area contributed by atoms with Gasteiger partial charge in [0, 0.05) is 17.9 Å². The molecular formula is C12H22BrN. The van der Waals surface area contributed by atoms with E-state index in [2.05, 4.69) is 20.8 Å².